The summed E-state index contributed by atoms with van der Waals surface area (Å²) in [4.78, 5) is 14.8. The summed E-state index contributed by atoms with van der Waals surface area (Å²) in [7, 11) is 0. The van der Waals surface area contributed by atoms with Crippen molar-refractivity contribution in [2.45, 2.75) is 12.5 Å². The molecule has 0 saturated carbocycles. The molecule has 0 aromatic heterocycles. The van der Waals surface area contributed by atoms with E-state index in [1.165, 1.54) is 0 Å². The summed E-state index contributed by atoms with van der Waals surface area (Å²) in [5.41, 5.74) is 0.889. The number of carboxylic acids is 1. The molecule has 78 valence electrons. The molecule has 5 heteroatoms. The summed E-state index contributed by atoms with van der Waals surface area (Å²) in [5.74, 6) is 3.79. The molecule has 3 N–H and O–H groups in total. The Morgan fingerprint density at radius 1 is 1.43 bits per heavy atom. The Labute approximate surface area is 92.4 Å². The number of rotatable bonds is 4. The van der Waals surface area contributed by atoms with E-state index in [0.717, 1.165) is 5.56 Å². The maximum atomic E-state index is 10.5. The van der Waals surface area contributed by atoms with Crippen LogP contribution in [-0.4, -0.2) is 17.2 Å². The molecule has 0 unspecified atom stereocenters. The zero-order valence-corrected chi connectivity index (χ0v) is 9.13. The summed E-state index contributed by atoms with van der Waals surface area (Å²) in [6.45, 7) is 0. The van der Waals surface area contributed by atoms with E-state index in [1.54, 1.807) is 0 Å². The summed E-state index contributed by atoms with van der Waals surface area (Å²) >= 11 is 0. The first-order valence-corrected chi connectivity index (χ1v) is 3.86. The van der Waals surface area contributed by atoms with Crippen LogP contribution in [0.25, 0.3) is 0 Å². The van der Waals surface area contributed by atoms with Gasteiger partial charge >= 0.3 is 5.97 Å². The molecule has 0 radical (unpaired) electrons. The van der Waals surface area contributed by atoms with E-state index in [2.05, 4.69) is 4.84 Å². The zero-order chi connectivity index (χ0) is 9.68. The Morgan fingerprint density at radius 3 is 2.43 bits per heavy atom. The van der Waals surface area contributed by atoms with Crippen LogP contribution in [0.15, 0.2) is 30.3 Å². The first kappa shape index (κ1) is 13.1. The van der Waals surface area contributed by atoms with Crippen LogP contribution < -0.4 is 5.90 Å². The average Bonchev–Trinajstić information content (AvgIpc) is 2.15. The van der Waals surface area contributed by atoms with E-state index in [4.69, 9.17) is 11.0 Å². The van der Waals surface area contributed by atoms with Gasteiger partial charge in [0.2, 0.25) is 0 Å². The number of nitrogens with two attached hydrogens (primary N) is 1. The van der Waals surface area contributed by atoms with Crippen LogP contribution >= 0.6 is 17.0 Å². The van der Waals surface area contributed by atoms with Crippen LogP contribution in [0.3, 0.4) is 0 Å². The molecule has 4 nitrogen and oxygen atoms in total. The van der Waals surface area contributed by atoms with Crippen LogP contribution in [0.2, 0.25) is 0 Å². The van der Waals surface area contributed by atoms with Crippen molar-refractivity contribution < 1.29 is 14.7 Å². The topological polar surface area (TPSA) is 72.5 Å². The van der Waals surface area contributed by atoms with Crippen LogP contribution in [-0.2, 0) is 16.1 Å². The fraction of sp³-hybridized carbons (Fsp3) is 0.222. The molecule has 0 heterocycles. The molecule has 0 amide bonds. The second-order valence-corrected chi connectivity index (χ2v) is 2.65. The molecule has 1 aromatic carbocycles. The average molecular weight is 262 g/mol. The van der Waals surface area contributed by atoms with E-state index in [1.807, 2.05) is 30.3 Å². The Balaban J connectivity index is 0.00000169. The van der Waals surface area contributed by atoms with Crippen LogP contribution in [0.1, 0.15) is 5.56 Å². The maximum Gasteiger partial charge on any atom is 0.335 e. The van der Waals surface area contributed by atoms with Crippen molar-refractivity contribution in [1.82, 2.24) is 0 Å². The van der Waals surface area contributed by atoms with Gasteiger partial charge in [0, 0.05) is 6.42 Å². The monoisotopic (exact) mass is 261 g/mol. The Kier molecular flexibility index (Phi) is 6.11. The van der Waals surface area contributed by atoms with Crippen LogP contribution in [0, 0.1) is 0 Å². The Hall–Kier alpha value is -0.910. The maximum absolute atomic E-state index is 10.5. The lowest BCUT2D eigenvalue weighted by molar-refractivity contribution is -0.150. The fourth-order valence-corrected chi connectivity index (χ4v) is 1.02. The van der Waals surface area contributed by atoms with E-state index in [0.29, 0.717) is 0 Å². The molecule has 14 heavy (non-hydrogen) atoms. The molecule has 0 aliphatic carbocycles. The SMILES string of the molecule is Br.NO[C@@H](Cc1ccccc1)C(=O)O. The normalized spacial score (nSPS) is 11.5. The quantitative estimate of drug-likeness (QED) is 0.798. The first-order valence-electron chi connectivity index (χ1n) is 3.86. The number of hydrogen-bond donors (Lipinski definition) is 2. The summed E-state index contributed by atoms with van der Waals surface area (Å²) in [6.07, 6.45) is -0.686. The third kappa shape index (κ3) is 3.87. The van der Waals surface area contributed by atoms with Gasteiger partial charge in [-0.3, -0.25) is 4.84 Å². The second-order valence-electron chi connectivity index (χ2n) is 2.65. The van der Waals surface area contributed by atoms with E-state index in [-0.39, 0.29) is 23.4 Å². The second kappa shape index (κ2) is 6.53. The smallest absolute Gasteiger partial charge is 0.335 e. The first-order chi connectivity index (χ1) is 6.24. The van der Waals surface area contributed by atoms with Crippen molar-refractivity contribution in [3.05, 3.63) is 35.9 Å². The van der Waals surface area contributed by atoms with Crippen molar-refractivity contribution in [3.63, 3.8) is 0 Å². The van der Waals surface area contributed by atoms with Gasteiger partial charge in [-0.05, 0) is 5.56 Å². The number of hydrogen-bond acceptors (Lipinski definition) is 3. The molecule has 1 aromatic rings. The minimum absolute atomic E-state index is 0. The Morgan fingerprint density at radius 2 is 2.00 bits per heavy atom. The van der Waals surface area contributed by atoms with Crippen LogP contribution in [0.4, 0.5) is 0 Å². The number of benzene rings is 1. The molecule has 0 saturated heterocycles. The van der Waals surface area contributed by atoms with Gasteiger partial charge in [-0.2, -0.15) is 0 Å². The number of aliphatic carboxylic acids is 1. The van der Waals surface area contributed by atoms with Crippen molar-refractivity contribution in [2.24, 2.45) is 5.90 Å². The van der Waals surface area contributed by atoms with Gasteiger partial charge in [0.05, 0.1) is 0 Å². The van der Waals surface area contributed by atoms with Gasteiger partial charge in [0.15, 0.2) is 6.10 Å². The number of carbonyl (C=O) groups is 1. The predicted molar refractivity (Wildman–Crippen MR) is 57.2 cm³/mol. The lowest BCUT2D eigenvalue weighted by Gasteiger charge is -2.08. The fourth-order valence-electron chi connectivity index (χ4n) is 1.02. The van der Waals surface area contributed by atoms with Gasteiger partial charge in [0.25, 0.3) is 0 Å². The minimum Gasteiger partial charge on any atom is -0.479 e. The molecular weight excluding hydrogens is 250 g/mol. The highest BCUT2D eigenvalue weighted by molar-refractivity contribution is 8.93. The largest absolute Gasteiger partial charge is 0.479 e. The molecular formula is C9H12BrNO3. The van der Waals surface area contributed by atoms with Crippen molar-refractivity contribution in [2.75, 3.05) is 0 Å². The van der Waals surface area contributed by atoms with Gasteiger partial charge in [-0.25, -0.2) is 10.7 Å². The van der Waals surface area contributed by atoms with E-state index in [9.17, 15) is 4.79 Å². The standard InChI is InChI=1S/C9H11NO3.BrH/c10-13-8(9(11)12)6-7-4-2-1-3-5-7;/h1-5,8H,6,10H2,(H,11,12);1H/t8-;/m0./s1. The molecule has 0 fully saturated rings. The molecule has 0 aliphatic heterocycles. The lowest BCUT2D eigenvalue weighted by Crippen LogP contribution is -2.29. The highest BCUT2D eigenvalue weighted by Crippen LogP contribution is 2.04. The van der Waals surface area contributed by atoms with Gasteiger partial charge < -0.3 is 5.11 Å². The number of halogens is 1. The van der Waals surface area contributed by atoms with Crippen molar-refractivity contribution in [1.29, 1.82) is 0 Å². The summed E-state index contributed by atoms with van der Waals surface area (Å²) < 4.78 is 0. The minimum atomic E-state index is -1.05. The number of carboxylic acid groups (broad SMARTS) is 1. The molecule has 0 bridgehead atoms. The lowest BCUT2D eigenvalue weighted by atomic mass is 10.1. The van der Waals surface area contributed by atoms with Crippen molar-refractivity contribution >= 4 is 23.0 Å². The highest BCUT2D eigenvalue weighted by atomic mass is 79.9. The third-order valence-electron chi connectivity index (χ3n) is 1.70. The molecule has 1 atom stereocenters. The summed E-state index contributed by atoms with van der Waals surface area (Å²) in [5, 5.41) is 8.63. The van der Waals surface area contributed by atoms with Gasteiger partial charge in [0.1, 0.15) is 0 Å². The summed E-state index contributed by atoms with van der Waals surface area (Å²) in [6, 6.07) is 9.20. The third-order valence-corrected chi connectivity index (χ3v) is 1.70. The molecule has 0 spiro atoms. The zero-order valence-electron chi connectivity index (χ0n) is 7.42. The van der Waals surface area contributed by atoms with Gasteiger partial charge in [-0.1, -0.05) is 30.3 Å². The molecule has 0 aliphatic rings. The Bertz CT molecular complexity index is 279. The predicted octanol–water partition coefficient (Wildman–Crippen LogP) is 1.15. The molecule has 1 rings (SSSR count). The van der Waals surface area contributed by atoms with E-state index < -0.39 is 12.1 Å². The van der Waals surface area contributed by atoms with E-state index >= 15 is 0 Å². The van der Waals surface area contributed by atoms with Gasteiger partial charge in [-0.15, -0.1) is 17.0 Å². The highest BCUT2D eigenvalue weighted by Gasteiger charge is 2.17. The van der Waals surface area contributed by atoms with Crippen molar-refractivity contribution in [3.8, 4) is 0 Å². The van der Waals surface area contributed by atoms with Crippen LogP contribution in [0.5, 0.6) is 0 Å².